The highest BCUT2D eigenvalue weighted by Crippen LogP contribution is 2.36. The van der Waals surface area contributed by atoms with E-state index < -0.39 is 0 Å². The number of methoxy groups -OCH3 is 1. The van der Waals surface area contributed by atoms with E-state index in [1.165, 1.54) is 12.0 Å². The number of aldehydes is 1. The fourth-order valence-electron chi connectivity index (χ4n) is 1.86. The summed E-state index contributed by atoms with van der Waals surface area (Å²) in [6.45, 7) is 0.372. The molecule has 1 aromatic carbocycles. The van der Waals surface area contributed by atoms with Crippen molar-refractivity contribution >= 4 is 107 Å². The zero-order chi connectivity index (χ0) is 18.4. The van der Waals surface area contributed by atoms with Crippen molar-refractivity contribution in [3.8, 4) is 0 Å². The average Bonchev–Trinajstić information content (AvgIpc) is 2.53. The fraction of sp³-hybridized carbons (Fsp3) is 0.357. The highest BCUT2D eigenvalue weighted by Gasteiger charge is 2.27. The number of rotatable bonds is 7. The smallest absolute Gasteiger partial charge is 0.253 e. The summed E-state index contributed by atoms with van der Waals surface area (Å²) in [5.41, 5.74) is 1.32. The van der Waals surface area contributed by atoms with E-state index in [9.17, 15) is 14.4 Å². The van der Waals surface area contributed by atoms with Crippen LogP contribution in [0, 0.1) is 10.7 Å². The number of carbonyl (C=O) groups excluding carboxylic acids is 3. The molecule has 0 aliphatic carbocycles. The average molecular weight is 735 g/mol. The van der Waals surface area contributed by atoms with Crippen LogP contribution in [0.3, 0.4) is 0 Å². The van der Waals surface area contributed by atoms with Gasteiger partial charge in [0, 0.05) is 38.7 Å². The largest absolute Gasteiger partial charge is 0.375 e. The number of likely N-dealkylation sites (N-methyl/N-ethyl adjacent to an activating group) is 1. The molecule has 0 saturated carbocycles. The van der Waals surface area contributed by atoms with Gasteiger partial charge < -0.3 is 15.0 Å². The van der Waals surface area contributed by atoms with Crippen LogP contribution < -0.4 is 10.2 Å². The van der Waals surface area contributed by atoms with E-state index in [-0.39, 0.29) is 18.4 Å². The Morgan fingerprint density at radius 2 is 1.88 bits per heavy atom. The molecule has 2 amide bonds. The quantitative estimate of drug-likeness (QED) is 0.266. The van der Waals surface area contributed by atoms with Crippen molar-refractivity contribution in [2.45, 2.75) is 0 Å². The molecular weight excluding hydrogens is 721 g/mol. The standard InChI is InChI=1S/C14H14BrI3N2O4/c1-20(8(22)6-24-2)13-11(17)7(5-21)10(16)9(12(13)18)14(23)19-4-3-15/h5H,3-4,6H2,1-2H3,(H,19,23). The summed E-state index contributed by atoms with van der Waals surface area (Å²) < 4.78 is 6.70. The summed E-state index contributed by atoms with van der Waals surface area (Å²) in [5.74, 6) is -0.546. The molecule has 6 nitrogen and oxygen atoms in total. The van der Waals surface area contributed by atoms with Gasteiger partial charge in [0.15, 0.2) is 6.29 Å². The number of alkyl halides is 1. The highest BCUT2D eigenvalue weighted by molar-refractivity contribution is 14.1. The Labute approximate surface area is 189 Å². The topological polar surface area (TPSA) is 75.7 Å². The van der Waals surface area contributed by atoms with Crippen LogP contribution >= 0.6 is 83.7 Å². The van der Waals surface area contributed by atoms with Crippen molar-refractivity contribution in [2.75, 3.05) is 37.5 Å². The predicted octanol–water partition coefficient (Wildman–Crippen LogP) is 3.05. The van der Waals surface area contributed by atoms with Gasteiger partial charge in [-0.3, -0.25) is 14.4 Å². The lowest BCUT2D eigenvalue weighted by Crippen LogP contribution is -2.33. The Morgan fingerprint density at radius 3 is 2.38 bits per heavy atom. The van der Waals surface area contributed by atoms with Crippen LogP contribution in [0.5, 0.6) is 0 Å². The van der Waals surface area contributed by atoms with Crippen molar-refractivity contribution < 1.29 is 19.1 Å². The molecule has 0 spiro atoms. The molecule has 0 bridgehead atoms. The molecule has 1 N–H and O–H groups in total. The van der Waals surface area contributed by atoms with Gasteiger partial charge >= 0.3 is 0 Å². The lowest BCUT2D eigenvalue weighted by Gasteiger charge is -2.24. The first-order chi connectivity index (χ1) is 11.3. The van der Waals surface area contributed by atoms with Crippen molar-refractivity contribution in [1.82, 2.24) is 5.32 Å². The highest BCUT2D eigenvalue weighted by atomic mass is 127. The first-order valence-electron chi connectivity index (χ1n) is 6.57. The number of anilines is 1. The first kappa shape index (κ1) is 22.5. The third-order valence-electron chi connectivity index (χ3n) is 3.03. The van der Waals surface area contributed by atoms with E-state index in [1.54, 1.807) is 7.05 Å². The number of ether oxygens (including phenoxy) is 1. The predicted molar refractivity (Wildman–Crippen MR) is 121 cm³/mol. The molecule has 0 aromatic heterocycles. The van der Waals surface area contributed by atoms with Crippen LogP contribution in [0.4, 0.5) is 5.69 Å². The van der Waals surface area contributed by atoms with Crippen molar-refractivity contribution in [3.63, 3.8) is 0 Å². The third kappa shape index (κ3) is 5.01. The molecule has 0 saturated heterocycles. The van der Waals surface area contributed by atoms with Gasteiger partial charge in [0.2, 0.25) is 0 Å². The molecule has 0 fully saturated rings. The number of nitrogens with zero attached hydrogens (tertiary/aromatic N) is 1. The molecule has 0 radical (unpaired) electrons. The number of benzene rings is 1. The maximum Gasteiger partial charge on any atom is 0.253 e. The summed E-state index contributed by atoms with van der Waals surface area (Å²) in [6, 6.07) is 0. The molecule has 0 aliphatic heterocycles. The normalized spacial score (nSPS) is 10.4. The second-order valence-electron chi connectivity index (χ2n) is 4.53. The molecule has 0 aliphatic rings. The van der Waals surface area contributed by atoms with Crippen LogP contribution in [-0.4, -0.2) is 50.7 Å². The number of hydrogen-bond donors (Lipinski definition) is 1. The van der Waals surface area contributed by atoms with E-state index in [0.29, 0.717) is 45.7 Å². The lowest BCUT2D eigenvalue weighted by molar-refractivity contribution is -0.121. The second kappa shape index (κ2) is 10.6. The number of carbonyl (C=O) groups is 3. The minimum atomic E-state index is -0.281. The molecule has 1 rings (SSSR count). The van der Waals surface area contributed by atoms with E-state index in [0.717, 1.165) is 0 Å². The van der Waals surface area contributed by atoms with E-state index >= 15 is 0 Å². The number of hydrogen-bond acceptors (Lipinski definition) is 4. The van der Waals surface area contributed by atoms with Gasteiger partial charge in [-0.05, 0) is 67.8 Å². The zero-order valence-corrected chi connectivity index (χ0v) is 20.8. The minimum Gasteiger partial charge on any atom is -0.375 e. The van der Waals surface area contributed by atoms with Gasteiger partial charge in [0.25, 0.3) is 11.8 Å². The van der Waals surface area contributed by atoms with Crippen LogP contribution in [0.1, 0.15) is 20.7 Å². The summed E-state index contributed by atoms with van der Waals surface area (Å²) in [6.07, 6.45) is 0.707. The summed E-state index contributed by atoms with van der Waals surface area (Å²) >= 11 is 9.31. The zero-order valence-electron chi connectivity index (χ0n) is 12.8. The number of amides is 2. The van der Waals surface area contributed by atoms with Gasteiger partial charge in [-0.2, -0.15) is 0 Å². The third-order valence-corrected chi connectivity index (χ3v) is 6.69. The van der Waals surface area contributed by atoms with Crippen molar-refractivity contribution in [1.29, 1.82) is 0 Å². The maximum absolute atomic E-state index is 12.5. The summed E-state index contributed by atoms with van der Waals surface area (Å²) in [5, 5.41) is 3.40. The summed E-state index contributed by atoms with van der Waals surface area (Å²) in [7, 11) is 3.04. The van der Waals surface area contributed by atoms with Gasteiger partial charge in [-0.15, -0.1) is 0 Å². The Bertz CT molecular complexity index is 670. The van der Waals surface area contributed by atoms with E-state index in [2.05, 4.69) is 21.2 Å². The van der Waals surface area contributed by atoms with Crippen LogP contribution in [0.2, 0.25) is 0 Å². The second-order valence-corrected chi connectivity index (χ2v) is 8.56. The van der Waals surface area contributed by atoms with Crippen LogP contribution in [-0.2, 0) is 9.53 Å². The SMILES string of the molecule is COCC(=O)N(C)c1c(I)c(C=O)c(I)c(C(=O)NCCBr)c1I. The van der Waals surface area contributed by atoms with E-state index in [1.807, 2.05) is 67.8 Å². The van der Waals surface area contributed by atoms with Gasteiger partial charge in [-0.1, -0.05) is 15.9 Å². The molecule has 1 aromatic rings. The Morgan fingerprint density at radius 1 is 1.25 bits per heavy atom. The Kier molecular flexibility index (Phi) is 9.91. The van der Waals surface area contributed by atoms with Gasteiger partial charge in [0.05, 0.1) is 14.8 Å². The molecular formula is C14H14BrI3N2O4. The molecule has 0 unspecified atom stereocenters. The summed E-state index contributed by atoms with van der Waals surface area (Å²) in [4.78, 5) is 37.6. The van der Waals surface area contributed by atoms with Crippen molar-refractivity contribution in [2.24, 2.45) is 0 Å². The monoisotopic (exact) mass is 734 g/mol. The Hall–Kier alpha value is 0.460. The number of nitrogens with one attached hydrogen (secondary N) is 1. The van der Waals surface area contributed by atoms with Crippen LogP contribution in [0.15, 0.2) is 0 Å². The van der Waals surface area contributed by atoms with Gasteiger partial charge in [-0.25, -0.2) is 0 Å². The molecule has 0 atom stereocenters. The Balaban J connectivity index is 3.57. The minimum absolute atomic E-state index is 0.0871. The molecule has 0 heterocycles. The van der Waals surface area contributed by atoms with Crippen molar-refractivity contribution in [3.05, 3.63) is 21.8 Å². The first-order valence-corrected chi connectivity index (χ1v) is 10.9. The van der Waals surface area contributed by atoms with Gasteiger partial charge in [0.1, 0.15) is 6.61 Å². The lowest BCUT2D eigenvalue weighted by atomic mass is 10.1. The fourth-order valence-corrected chi connectivity index (χ4v) is 6.69. The molecule has 132 valence electrons. The van der Waals surface area contributed by atoms with E-state index in [4.69, 9.17) is 4.74 Å². The van der Waals surface area contributed by atoms with Crippen LogP contribution in [0.25, 0.3) is 0 Å². The maximum atomic E-state index is 12.5. The number of halogens is 4. The molecule has 10 heteroatoms. The molecule has 24 heavy (non-hydrogen) atoms.